The number of ketones is 1. The Hall–Kier alpha value is -1.58. The van der Waals surface area contributed by atoms with Gasteiger partial charge in [-0.15, -0.1) is 0 Å². The molecule has 0 unspecified atom stereocenters. The first-order valence-electron chi connectivity index (χ1n) is 5.88. The van der Waals surface area contributed by atoms with Crippen LogP contribution < -0.4 is 5.32 Å². The quantitative estimate of drug-likeness (QED) is 0.671. The highest BCUT2D eigenvalue weighted by atomic mass is 79.9. The van der Waals surface area contributed by atoms with Gasteiger partial charge in [-0.05, 0) is 31.0 Å². The van der Waals surface area contributed by atoms with E-state index in [1.165, 1.54) is 18.7 Å². The van der Waals surface area contributed by atoms with Crippen molar-refractivity contribution < 1.29 is 9.59 Å². The summed E-state index contributed by atoms with van der Waals surface area (Å²) in [6.07, 6.45) is 0.559. The van der Waals surface area contributed by atoms with Crippen LogP contribution in [0.15, 0.2) is 39.3 Å². The molecule has 0 saturated carbocycles. The smallest absolute Gasteiger partial charge is 0.238 e. The Morgan fingerprint density at radius 3 is 2.65 bits per heavy atom. The average molecular weight is 351 g/mol. The second-order valence-corrected chi connectivity index (χ2v) is 6.43. The van der Waals surface area contributed by atoms with Crippen molar-refractivity contribution in [2.45, 2.75) is 18.6 Å². The molecule has 1 fully saturated rings. The van der Waals surface area contributed by atoms with Crippen molar-refractivity contribution in [3.05, 3.63) is 44.9 Å². The second-order valence-electron chi connectivity index (χ2n) is 4.30. The third-order valence-electron chi connectivity index (χ3n) is 2.81. The fraction of sp³-hybridized carbons (Fsp3) is 0.214. The Morgan fingerprint density at radius 1 is 1.45 bits per heavy atom. The number of hydrogen-bond acceptors (Lipinski definition) is 4. The molecule has 1 saturated heterocycles. The van der Waals surface area contributed by atoms with Crippen molar-refractivity contribution in [1.29, 1.82) is 5.26 Å². The van der Waals surface area contributed by atoms with Crippen LogP contribution in [0.2, 0.25) is 0 Å². The number of rotatable bonds is 3. The summed E-state index contributed by atoms with van der Waals surface area (Å²) in [5.41, 5.74) is 1.05. The minimum atomic E-state index is -0.334. The van der Waals surface area contributed by atoms with Gasteiger partial charge in [-0.3, -0.25) is 9.59 Å². The predicted molar refractivity (Wildman–Crippen MR) is 80.7 cm³/mol. The molecule has 102 valence electrons. The van der Waals surface area contributed by atoms with Gasteiger partial charge in [0.2, 0.25) is 5.91 Å². The van der Waals surface area contributed by atoms with Crippen LogP contribution in [0, 0.1) is 11.3 Å². The number of thioether (sulfide) groups is 1. The second kappa shape index (κ2) is 6.25. The monoisotopic (exact) mass is 350 g/mol. The van der Waals surface area contributed by atoms with Gasteiger partial charge in [0, 0.05) is 4.47 Å². The molecule has 4 nitrogen and oxygen atoms in total. The lowest BCUT2D eigenvalue weighted by molar-refractivity contribution is -0.119. The normalized spacial score (nSPS) is 20.2. The minimum absolute atomic E-state index is 0.0154. The standard InChI is InChI=1S/C14H11BrN2O2S/c1-8(18)11(7-16)14-17-13(19)12(20-14)6-9-2-4-10(15)5-3-9/h2-5,12H,6H2,1H3,(H,17,19)/b14-11+/t12-/m0/s1. The van der Waals surface area contributed by atoms with E-state index in [-0.39, 0.29) is 22.5 Å². The molecule has 1 aromatic rings. The number of allylic oxidation sites excluding steroid dienone is 1. The van der Waals surface area contributed by atoms with Gasteiger partial charge in [0.1, 0.15) is 11.6 Å². The molecule has 0 aromatic heterocycles. The summed E-state index contributed by atoms with van der Waals surface area (Å²) in [4.78, 5) is 23.2. The molecule has 6 heteroatoms. The van der Waals surface area contributed by atoms with E-state index in [2.05, 4.69) is 21.2 Å². The lowest BCUT2D eigenvalue weighted by atomic mass is 10.1. The third-order valence-corrected chi connectivity index (χ3v) is 4.55. The van der Waals surface area contributed by atoms with Crippen LogP contribution in [-0.4, -0.2) is 16.9 Å². The lowest BCUT2D eigenvalue weighted by Crippen LogP contribution is -2.24. The summed E-state index contributed by atoms with van der Waals surface area (Å²) in [5, 5.41) is 11.6. The molecular weight excluding hydrogens is 340 g/mol. The molecule has 2 rings (SSSR count). The number of benzene rings is 1. The first-order chi connectivity index (χ1) is 9.51. The van der Waals surface area contributed by atoms with Gasteiger partial charge in [-0.25, -0.2) is 0 Å². The number of hydrogen-bond donors (Lipinski definition) is 1. The van der Waals surface area contributed by atoms with Crippen LogP contribution >= 0.6 is 27.7 Å². The van der Waals surface area contributed by atoms with E-state index in [1.807, 2.05) is 30.3 Å². The largest absolute Gasteiger partial charge is 0.318 e. The average Bonchev–Trinajstić information content (AvgIpc) is 2.74. The summed E-state index contributed by atoms with van der Waals surface area (Å²) >= 11 is 4.60. The van der Waals surface area contributed by atoms with Gasteiger partial charge in [-0.2, -0.15) is 5.26 Å². The summed E-state index contributed by atoms with van der Waals surface area (Å²) in [6, 6.07) is 9.56. The Morgan fingerprint density at radius 2 is 2.10 bits per heavy atom. The fourth-order valence-electron chi connectivity index (χ4n) is 1.80. The van der Waals surface area contributed by atoms with E-state index < -0.39 is 0 Å². The molecule has 1 heterocycles. The molecule has 1 amide bonds. The molecule has 0 bridgehead atoms. The first kappa shape index (κ1) is 14.8. The van der Waals surface area contributed by atoms with E-state index in [0.717, 1.165) is 10.0 Å². The van der Waals surface area contributed by atoms with Crippen LogP contribution in [-0.2, 0) is 16.0 Å². The molecule has 1 atom stereocenters. The van der Waals surface area contributed by atoms with Gasteiger partial charge in [0.05, 0.1) is 10.3 Å². The Bertz CT molecular complexity index is 632. The van der Waals surface area contributed by atoms with Crippen molar-refractivity contribution in [3.63, 3.8) is 0 Å². The van der Waals surface area contributed by atoms with E-state index in [4.69, 9.17) is 5.26 Å². The third kappa shape index (κ3) is 3.30. The van der Waals surface area contributed by atoms with E-state index >= 15 is 0 Å². The SMILES string of the molecule is CC(=O)/C(C#N)=C1\NC(=O)[C@H](Cc2ccc(Br)cc2)S1. The maximum absolute atomic E-state index is 11.9. The highest BCUT2D eigenvalue weighted by Crippen LogP contribution is 2.32. The Balaban J connectivity index is 2.16. The van der Waals surface area contributed by atoms with Crippen molar-refractivity contribution in [1.82, 2.24) is 5.32 Å². The molecule has 1 aliphatic rings. The van der Waals surface area contributed by atoms with Gasteiger partial charge in [-0.1, -0.05) is 39.8 Å². The van der Waals surface area contributed by atoms with E-state index in [1.54, 1.807) is 0 Å². The van der Waals surface area contributed by atoms with Crippen LogP contribution in [0.4, 0.5) is 0 Å². The molecule has 1 aliphatic heterocycles. The number of carbonyl (C=O) groups is 2. The summed E-state index contributed by atoms with van der Waals surface area (Å²) in [7, 11) is 0. The number of nitrogens with zero attached hydrogens (tertiary/aromatic N) is 1. The molecule has 0 aliphatic carbocycles. The van der Waals surface area contributed by atoms with Crippen molar-refractivity contribution in [2.24, 2.45) is 0 Å². The summed E-state index contributed by atoms with van der Waals surface area (Å²) in [5.74, 6) is -0.499. The van der Waals surface area contributed by atoms with Crippen molar-refractivity contribution >= 4 is 39.4 Å². The highest BCUT2D eigenvalue weighted by molar-refractivity contribution is 9.10. The highest BCUT2D eigenvalue weighted by Gasteiger charge is 2.31. The van der Waals surface area contributed by atoms with Crippen LogP contribution in [0.25, 0.3) is 0 Å². The Kier molecular flexibility index (Phi) is 4.63. The predicted octanol–water partition coefficient (Wildman–Crippen LogP) is 2.55. The van der Waals surface area contributed by atoms with Gasteiger partial charge in [0.15, 0.2) is 5.78 Å². The Labute approximate surface area is 129 Å². The van der Waals surface area contributed by atoms with Crippen molar-refractivity contribution in [2.75, 3.05) is 0 Å². The molecule has 0 radical (unpaired) electrons. The molecular formula is C14H11BrN2O2S. The van der Waals surface area contributed by atoms with Gasteiger partial charge >= 0.3 is 0 Å². The maximum atomic E-state index is 11.9. The van der Waals surface area contributed by atoms with Gasteiger partial charge < -0.3 is 5.32 Å². The summed E-state index contributed by atoms with van der Waals surface area (Å²) < 4.78 is 0.980. The number of Topliss-reactive ketones (excluding diaryl/α,β-unsaturated/α-hetero) is 1. The van der Waals surface area contributed by atoms with Crippen LogP contribution in [0.5, 0.6) is 0 Å². The number of nitrogens with one attached hydrogen (secondary N) is 1. The van der Waals surface area contributed by atoms with Crippen LogP contribution in [0.3, 0.4) is 0 Å². The maximum Gasteiger partial charge on any atom is 0.238 e. The lowest BCUT2D eigenvalue weighted by Gasteiger charge is -2.05. The molecule has 1 N–H and O–H groups in total. The van der Waals surface area contributed by atoms with Crippen LogP contribution in [0.1, 0.15) is 12.5 Å². The van der Waals surface area contributed by atoms with E-state index in [9.17, 15) is 9.59 Å². The molecule has 20 heavy (non-hydrogen) atoms. The molecule has 0 spiro atoms. The number of nitriles is 1. The van der Waals surface area contributed by atoms with Crippen molar-refractivity contribution in [3.8, 4) is 6.07 Å². The number of amides is 1. The summed E-state index contributed by atoms with van der Waals surface area (Å²) in [6.45, 7) is 1.32. The van der Waals surface area contributed by atoms with E-state index in [0.29, 0.717) is 11.4 Å². The van der Waals surface area contributed by atoms with Gasteiger partial charge in [0.25, 0.3) is 0 Å². The number of carbonyl (C=O) groups excluding carboxylic acids is 2. The topological polar surface area (TPSA) is 70.0 Å². The zero-order valence-electron chi connectivity index (χ0n) is 10.6. The minimum Gasteiger partial charge on any atom is -0.318 e. The first-order valence-corrected chi connectivity index (χ1v) is 7.56. The zero-order chi connectivity index (χ0) is 14.7. The number of halogens is 1. The zero-order valence-corrected chi connectivity index (χ0v) is 13.0. The fourth-order valence-corrected chi connectivity index (χ4v) is 3.25. The molecule has 1 aromatic carbocycles.